The molecule has 0 unspecified atom stereocenters. The predicted octanol–water partition coefficient (Wildman–Crippen LogP) is 1.95. The molecule has 180 valence electrons. The van der Waals surface area contributed by atoms with E-state index in [0.29, 0.717) is 18.0 Å². The molecule has 0 aromatic heterocycles. The number of aryl methyl sites for hydroxylation is 1. The molecule has 0 radical (unpaired) electrons. The molecule has 1 aliphatic heterocycles. The summed E-state index contributed by atoms with van der Waals surface area (Å²) in [6.45, 7) is 7.13. The van der Waals surface area contributed by atoms with Crippen LogP contribution in [0.5, 0.6) is 5.75 Å². The Morgan fingerprint density at radius 1 is 1.06 bits per heavy atom. The molecule has 2 aromatic rings. The molecule has 9 heteroatoms. The van der Waals surface area contributed by atoms with Crippen molar-refractivity contribution in [1.82, 2.24) is 15.1 Å². The highest BCUT2D eigenvalue weighted by atomic mass is 32.2. The lowest BCUT2D eigenvalue weighted by Crippen LogP contribution is -2.45. The number of sulfonamides is 1. The van der Waals surface area contributed by atoms with Crippen molar-refractivity contribution < 1.29 is 17.9 Å². The normalized spacial score (nSPS) is 15.2. The zero-order valence-electron chi connectivity index (χ0n) is 19.7. The highest BCUT2D eigenvalue weighted by Gasteiger charge is 2.29. The molecule has 0 bridgehead atoms. The molecular weight excluding hydrogens is 440 g/mol. The fraction of sp³-hybridized carbons (Fsp3) is 0.458. The van der Waals surface area contributed by atoms with Crippen molar-refractivity contribution in [3.05, 3.63) is 54.1 Å². The summed E-state index contributed by atoms with van der Waals surface area (Å²) in [4.78, 5) is 17.6. The summed E-state index contributed by atoms with van der Waals surface area (Å²) in [5.74, 6) is 0.0334. The largest absolute Gasteiger partial charge is 0.495 e. The number of hydrogen-bond acceptors (Lipinski definition) is 6. The number of amides is 1. The van der Waals surface area contributed by atoms with Crippen molar-refractivity contribution in [3.8, 4) is 5.75 Å². The van der Waals surface area contributed by atoms with Gasteiger partial charge in [-0.3, -0.25) is 9.10 Å². The fourth-order valence-electron chi connectivity index (χ4n) is 3.76. The Morgan fingerprint density at radius 2 is 1.73 bits per heavy atom. The van der Waals surface area contributed by atoms with Crippen LogP contribution in [0, 0.1) is 6.92 Å². The molecule has 0 aliphatic carbocycles. The third-order valence-corrected chi connectivity index (χ3v) is 7.59. The molecule has 1 N–H and O–H groups in total. The second kappa shape index (κ2) is 11.5. The van der Waals surface area contributed by atoms with Gasteiger partial charge in [-0.05, 0) is 51.2 Å². The monoisotopic (exact) mass is 474 g/mol. The van der Waals surface area contributed by atoms with Gasteiger partial charge in [-0.2, -0.15) is 0 Å². The first-order chi connectivity index (χ1) is 15.8. The summed E-state index contributed by atoms with van der Waals surface area (Å²) in [6.07, 6.45) is 0.814. The molecule has 1 heterocycles. The van der Waals surface area contributed by atoms with Gasteiger partial charge in [0.2, 0.25) is 5.91 Å². The number of carbonyl (C=O) groups is 1. The molecule has 8 nitrogen and oxygen atoms in total. The van der Waals surface area contributed by atoms with Gasteiger partial charge in [-0.1, -0.05) is 29.8 Å². The number of benzene rings is 2. The van der Waals surface area contributed by atoms with Gasteiger partial charge in [-0.25, -0.2) is 8.42 Å². The van der Waals surface area contributed by atoms with E-state index in [9.17, 15) is 13.2 Å². The molecule has 1 saturated heterocycles. The summed E-state index contributed by atoms with van der Waals surface area (Å²) >= 11 is 0. The number of ether oxygens (including phenoxy) is 1. The Balaban J connectivity index is 1.69. The Labute approximate surface area is 197 Å². The van der Waals surface area contributed by atoms with E-state index in [1.165, 1.54) is 7.11 Å². The van der Waals surface area contributed by atoms with E-state index in [4.69, 9.17) is 4.74 Å². The van der Waals surface area contributed by atoms with Crippen LogP contribution in [0.15, 0.2) is 53.4 Å². The maximum Gasteiger partial charge on any atom is 0.264 e. The summed E-state index contributed by atoms with van der Waals surface area (Å²) in [5, 5.41) is 2.88. The Morgan fingerprint density at radius 3 is 2.39 bits per heavy atom. The van der Waals surface area contributed by atoms with Crippen molar-refractivity contribution in [1.29, 1.82) is 0 Å². The van der Waals surface area contributed by atoms with Crippen LogP contribution in [0.2, 0.25) is 0 Å². The molecule has 0 spiro atoms. The molecule has 3 rings (SSSR count). The highest BCUT2D eigenvalue weighted by Crippen LogP contribution is 2.32. The average Bonchev–Trinajstić information content (AvgIpc) is 2.81. The molecule has 33 heavy (non-hydrogen) atoms. The number of nitrogens with zero attached hydrogens (tertiary/aromatic N) is 3. The lowest BCUT2D eigenvalue weighted by Gasteiger charge is -2.32. The first kappa shape index (κ1) is 25.0. The molecule has 0 atom stereocenters. The van der Waals surface area contributed by atoms with E-state index < -0.39 is 10.0 Å². The van der Waals surface area contributed by atoms with E-state index in [1.54, 1.807) is 48.5 Å². The Bertz CT molecular complexity index is 1020. The number of nitrogens with one attached hydrogen (secondary N) is 1. The number of para-hydroxylation sites is 2. The lowest BCUT2D eigenvalue weighted by molar-refractivity contribution is -0.119. The summed E-state index contributed by atoms with van der Waals surface area (Å²) < 4.78 is 33.5. The van der Waals surface area contributed by atoms with Gasteiger partial charge in [-0.15, -0.1) is 0 Å². The van der Waals surface area contributed by atoms with Gasteiger partial charge >= 0.3 is 0 Å². The molecule has 1 amide bonds. The van der Waals surface area contributed by atoms with E-state index in [-0.39, 0.29) is 17.3 Å². The maximum absolute atomic E-state index is 13.5. The van der Waals surface area contributed by atoms with Gasteiger partial charge in [0, 0.05) is 32.7 Å². The van der Waals surface area contributed by atoms with Crippen LogP contribution in [0.3, 0.4) is 0 Å². The van der Waals surface area contributed by atoms with E-state index >= 15 is 0 Å². The molecule has 1 aliphatic rings. The zero-order valence-corrected chi connectivity index (χ0v) is 20.5. The van der Waals surface area contributed by atoms with Gasteiger partial charge in [0.05, 0.1) is 17.7 Å². The lowest BCUT2D eigenvalue weighted by atomic mass is 10.2. The van der Waals surface area contributed by atoms with Crippen LogP contribution in [0.4, 0.5) is 5.69 Å². The summed E-state index contributed by atoms with van der Waals surface area (Å²) in [5.41, 5.74) is 1.28. The summed E-state index contributed by atoms with van der Waals surface area (Å²) in [6, 6.07) is 13.4. The van der Waals surface area contributed by atoms with Crippen LogP contribution >= 0.6 is 0 Å². The van der Waals surface area contributed by atoms with Crippen molar-refractivity contribution in [3.63, 3.8) is 0 Å². The van der Waals surface area contributed by atoms with Crippen molar-refractivity contribution in [2.24, 2.45) is 0 Å². The molecular formula is C24H34N4O4S. The number of carbonyl (C=O) groups excluding carboxylic acids is 1. The molecule has 2 aromatic carbocycles. The second-order valence-corrected chi connectivity index (χ2v) is 10.2. The third kappa shape index (κ3) is 6.69. The van der Waals surface area contributed by atoms with Gasteiger partial charge in [0.15, 0.2) is 0 Å². The van der Waals surface area contributed by atoms with Crippen LogP contribution in [-0.2, 0) is 14.8 Å². The minimum atomic E-state index is -3.97. The van der Waals surface area contributed by atoms with Crippen LogP contribution in [0.1, 0.15) is 12.0 Å². The number of hydrogen-bond donors (Lipinski definition) is 1. The van der Waals surface area contributed by atoms with Crippen molar-refractivity contribution >= 4 is 21.6 Å². The standard InChI is InChI=1S/C24H34N4O4S/c1-20-9-11-21(12-10-20)33(30,31)28(22-7-4-5-8-23(22)32-3)19-24(29)25-13-6-14-27-17-15-26(2)16-18-27/h4-5,7-12H,6,13-19H2,1-3H3,(H,25,29). The average molecular weight is 475 g/mol. The van der Waals surface area contributed by atoms with E-state index in [0.717, 1.165) is 49.0 Å². The SMILES string of the molecule is COc1ccccc1N(CC(=O)NCCCN1CCN(C)CC1)S(=O)(=O)c1ccc(C)cc1. The van der Waals surface area contributed by atoms with E-state index in [2.05, 4.69) is 22.2 Å². The zero-order chi connectivity index (χ0) is 23.8. The van der Waals surface area contributed by atoms with Gasteiger partial charge < -0.3 is 19.9 Å². The van der Waals surface area contributed by atoms with Crippen LogP contribution in [-0.4, -0.2) is 84.1 Å². The first-order valence-corrected chi connectivity index (χ1v) is 12.7. The topological polar surface area (TPSA) is 82.2 Å². The van der Waals surface area contributed by atoms with Crippen molar-refractivity contribution in [2.75, 3.05) is 64.3 Å². The molecule has 0 saturated carbocycles. The smallest absolute Gasteiger partial charge is 0.264 e. The van der Waals surface area contributed by atoms with Crippen LogP contribution in [0.25, 0.3) is 0 Å². The number of rotatable bonds is 10. The Kier molecular flexibility index (Phi) is 8.71. The van der Waals surface area contributed by atoms with Crippen LogP contribution < -0.4 is 14.4 Å². The maximum atomic E-state index is 13.5. The number of anilines is 1. The van der Waals surface area contributed by atoms with Gasteiger partial charge in [0.25, 0.3) is 10.0 Å². The van der Waals surface area contributed by atoms with E-state index in [1.807, 2.05) is 6.92 Å². The van der Waals surface area contributed by atoms with Gasteiger partial charge in [0.1, 0.15) is 12.3 Å². The second-order valence-electron chi connectivity index (χ2n) is 8.35. The predicted molar refractivity (Wildman–Crippen MR) is 130 cm³/mol. The minimum absolute atomic E-state index is 0.127. The number of likely N-dealkylation sites (N-methyl/N-ethyl adjacent to an activating group) is 1. The first-order valence-electron chi connectivity index (χ1n) is 11.2. The quantitative estimate of drug-likeness (QED) is 0.530. The van der Waals surface area contributed by atoms with Crippen molar-refractivity contribution in [2.45, 2.75) is 18.2 Å². The minimum Gasteiger partial charge on any atom is -0.495 e. The number of piperazine rings is 1. The highest BCUT2D eigenvalue weighted by molar-refractivity contribution is 7.92. The number of methoxy groups -OCH3 is 1. The molecule has 1 fully saturated rings. The fourth-order valence-corrected chi connectivity index (χ4v) is 5.19. The third-order valence-electron chi connectivity index (χ3n) is 5.82. The Hall–Kier alpha value is -2.62. The summed E-state index contributed by atoms with van der Waals surface area (Å²) in [7, 11) is -0.371.